The standard InChI is InChI=1S/C18H21FN2O/c1-13-5-3-4-6-17(13)22-12-15-9-10-21(11-15)18-16(19)8-7-14(2)20-18/h3-8,15H,9-12H2,1-2H3. The van der Waals surface area contributed by atoms with E-state index in [-0.39, 0.29) is 5.82 Å². The molecule has 3 rings (SSSR count). The summed E-state index contributed by atoms with van der Waals surface area (Å²) in [6, 6.07) is 11.2. The fourth-order valence-corrected chi connectivity index (χ4v) is 2.83. The molecule has 0 amide bonds. The van der Waals surface area contributed by atoms with Crippen molar-refractivity contribution in [3.8, 4) is 5.75 Å². The molecule has 116 valence electrons. The molecule has 0 N–H and O–H groups in total. The van der Waals surface area contributed by atoms with Crippen molar-refractivity contribution in [2.24, 2.45) is 5.92 Å². The van der Waals surface area contributed by atoms with Crippen LogP contribution in [-0.4, -0.2) is 24.7 Å². The predicted octanol–water partition coefficient (Wildman–Crippen LogP) is 3.74. The summed E-state index contributed by atoms with van der Waals surface area (Å²) >= 11 is 0. The molecule has 2 aromatic rings. The van der Waals surface area contributed by atoms with E-state index >= 15 is 0 Å². The van der Waals surface area contributed by atoms with Gasteiger partial charge in [-0.2, -0.15) is 0 Å². The van der Waals surface area contributed by atoms with E-state index in [1.165, 1.54) is 6.07 Å². The first-order chi connectivity index (χ1) is 10.6. The van der Waals surface area contributed by atoms with E-state index < -0.39 is 0 Å². The molecular formula is C18H21FN2O. The largest absolute Gasteiger partial charge is 0.493 e. The number of hydrogen-bond donors (Lipinski definition) is 0. The average molecular weight is 300 g/mol. The van der Waals surface area contributed by atoms with Gasteiger partial charge in [-0.15, -0.1) is 0 Å². The molecule has 0 spiro atoms. The Labute approximate surface area is 130 Å². The summed E-state index contributed by atoms with van der Waals surface area (Å²) in [6.45, 7) is 6.21. The van der Waals surface area contributed by atoms with Crippen molar-refractivity contribution in [3.05, 3.63) is 53.5 Å². The first kappa shape index (κ1) is 14.8. The van der Waals surface area contributed by atoms with Crippen molar-refractivity contribution in [1.82, 2.24) is 4.98 Å². The Morgan fingerprint density at radius 3 is 2.86 bits per heavy atom. The number of rotatable bonds is 4. The average Bonchev–Trinajstić information content (AvgIpc) is 2.98. The molecule has 22 heavy (non-hydrogen) atoms. The van der Waals surface area contributed by atoms with Crippen LogP contribution in [0.2, 0.25) is 0 Å². The maximum Gasteiger partial charge on any atom is 0.165 e. The number of ether oxygens (including phenoxy) is 1. The zero-order chi connectivity index (χ0) is 15.5. The number of aromatic nitrogens is 1. The van der Waals surface area contributed by atoms with E-state index in [0.717, 1.165) is 36.5 Å². The molecule has 0 aliphatic carbocycles. The van der Waals surface area contributed by atoms with E-state index in [9.17, 15) is 4.39 Å². The number of benzene rings is 1. The van der Waals surface area contributed by atoms with Crippen LogP contribution in [0.4, 0.5) is 10.2 Å². The highest BCUT2D eigenvalue weighted by molar-refractivity contribution is 5.42. The summed E-state index contributed by atoms with van der Waals surface area (Å²) in [7, 11) is 0. The van der Waals surface area contributed by atoms with E-state index in [2.05, 4.69) is 4.98 Å². The number of para-hydroxylation sites is 1. The van der Waals surface area contributed by atoms with Crippen LogP contribution in [0.3, 0.4) is 0 Å². The minimum absolute atomic E-state index is 0.244. The van der Waals surface area contributed by atoms with Crippen LogP contribution < -0.4 is 9.64 Å². The Bertz CT molecular complexity index is 659. The molecule has 0 bridgehead atoms. The number of aryl methyl sites for hydroxylation is 2. The molecule has 0 radical (unpaired) electrons. The van der Waals surface area contributed by atoms with Crippen molar-refractivity contribution in [1.29, 1.82) is 0 Å². The second-order valence-corrected chi connectivity index (χ2v) is 5.94. The normalized spacial score (nSPS) is 17.8. The first-order valence-corrected chi connectivity index (χ1v) is 7.70. The maximum absolute atomic E-state index is 13.9. The van der Waals surface area contributed by atoms with Crippen LogP contribution in [0.1, 0.15) is 17.7 Å². The third-order valence-electron chi connectivity index (χ3n) is 4.12. The zero-order valence-corrected chi connectivity index (χ0v) is 13.1. The molecule has 1 aromatic carbocycles. The molecule has 0 saturated carbocycles. The lowest BCUT2D eigenvalue weighted by Crippen LogP contribution is -2.24. The predicted molar refractivity (Wildman–Crippen MR) is 85.9 cm³/mol. The Hall–Kier alpha value is -2.10. The van der Waals surface area contributed by atoms with E-state index in [1.54, 1.807) is 6.07 Å². The van der Waals surface area contributed by atoms with Gasteiger partial charge in [-0.25, -0.2) is 9.37 Å². The highest BCUT2D eigenvalue weighted by atomic mass is 19.1. The van der Waals surface area contributed by atoms with Gasteiger partial charge in [0.15, 0.2) is 11.6 Å². The van der Waals surface area contributed by atoms with Crippen molar-refractivity contribution in [2.75, 3.05) is 24.6 Å². The van der Waals surface area contributed by atoms with E-state index in [0.29, 0.717) is 18.3 Å². The van der Waals surface area contributed by atoms with Gasteiger partial charge in [0.05, 0.1) is 6.61 Å². The maximum atomic E-state index is 13.9. The first-order valence-electron chi connectivity index (χ1n) is 7.70. The van der Waals surface area contributed by atoms with Gasteiger partial charge >= 0.3 is 0 Å². The van der Waals surface area contributed by atoms with Crippen molar-refractivity contribution >= 4 is 5.82 Å². The fourth-order valence-electron chi connectivity index (χ4n) is 2.83. The monoisotopic (exact) mass is 300 g/mol. The van der Waals surface area contributed by atoms with Crippen molar-refractivity contribution < 1.29 is 9.13 Å². The van der Waals surface area contributed by atoms with Gasteiger partial charge in [-0.3, -0.25) is 0 Å². The van der Waals surface area contributed by atoms with Crippen LogP contribution in [-0.2, 0) is 0 Å². The van der Waals surface area contributed by atoms with Crippen LogP contribution in [0.15, 0.2) is 36.4 Å². The molecule has 4 heteroatoms. The van der Waals surface area contributed by atoms with Gasteiger partial charge in [-0.05, 0) is 44.0 Å². The third kappa shape index (κ3) is 3.21. The molecule has 1 aliphatic rings. The minimum Gasteiger partial charge on any atom is -0.493 e. The molecule has 1 atom stereocenters. The number of anilines is 1. The van der Waals surface area contributed by atoms with Crippen LogP contribution in [0, 0.1) is 25.6 Å². The molecule has 2 heterocycles. The van der Waals surface area contributed by atoms with Crippen molar-refractivity contribution in [3.63, 3.8) is 0 Å². The highest BCUT2D eigenvalue weighted by Gasteiger charge is 2.26. The second-order valence-electron chi connectivity index (χ2n) is 5.94. The molecule has 1 fully saturated rings. The summed E-state index contributed by atoms with van der Waals surface area (Å²) in [4.78, 5) is 6.35. The quantitative estimate of drug-likeness (QED) is 0.860. The number of nitrogens with zero attached hydrogens (tertiary/aromatic N) is 2. The Morgan fingerprint density at radius 2 is 2.05 bits per heavy atom. The smallest absolute Gasteiger partial charge is 0.165 e. The zero-order valence-electron chi connectivity index (χ0n) is 13.1. The van der Waals surface area contributed by atoms with Gasteiger partial charge in [0, 0.05) is 24.7 Å². The Kier molecular flexibility index (Phi) is 4.27. The molecular weight excluding hydrogens is 279 g/mol. The third-order valence-corrected chi connectivity index (χ3v) is 4.12. The highest BCUT2D eigenvalue weighted by Crippen LogP contribution is 2.26. The topological polar surface area (TPSA) is 25.4 Å². The summed E-state index contributed by atoms with van der Waals surface area (Å²) in [6.07, 6.45) is 1.00. The molecule has 1 unspecified atom stereocenters. The number of pyridine rings is 1. The second kappa shape index (κ2) is 6.34. The minimum atomic E-state index is -0.244. The lowest BCUT2D eigenvalue weighted by Gasteiger charge is -2.19. The number of halogens is 1. The fraction of sp³-hybridized carbons (Fsp3) is 0.389. The van der Waals surface area contributed by atoms with E-state index in [1.807, 2.05) is 43.0 Å². The molecule has 1 saturated heterocycles. The van der Waals surface area contributed by atoms with Gasteiger partial charge < -0.3 is 9.64 Å². The molecule has 1 aromatic heterocycles. The Morgan fingerprint density at radius 1 is 1.23 bits per heavy atom. The lowest BCUT2D eigenvalue weighted by molar-refractivity contribution is 0.259. The Balaban J connectivity index is 1.61. The summed E-state index contributed by atoms with van der Waals surface area (Å²) in [5.41, 5.74) is 1.99. The summed E-state index contributed by atoms with van der Waals surface area (Å²) in [5.74, 6) is 1.56. The molecule has 1 aliphatic heterocycles. The van der Waals surface area contributed by atoms with Gasteiger partial charge in [0.2, 0.25) is 0 Å². The van der Waals surface area contributed by atoms with Crippen molar-refractivity contribution in [2.45, 2.75) is 20.3 Å². The number of hydrogen-bond acceptors (Lipinski definition) is 3. The summed E-state index contributed by atoms with van der Waals surface area (Å²) < 4.78 is 19.8. The SMILES string of the molecule is Cc1ccc(F)c(N2CCC(COc3ccccc3C)C2)n1. The van der Waals surface area contributed by atoms with E-state index in [4.69, 9.17) is 4.74 Å². The summed E-state index contributed by atoms with van der Waals surface area (Å²) in [5, 5.41) is 0. The molecule has 3 nitrogen and oxygen atoms in total. The van der Waals surface area contributed by atoms with Crippen LogP contribution >= 0.6 is 0 Å². The van der Waals surface area contributed by atoms with Crippen LogP contribution in [0.5, 0.6) is 5.75 Å². The van der Waals surface area contributed by atoms with Gasteiger partial charge in [0.1, 0.15) is 5.75 Å². The van der Waals surface area contributed by atoms with Gasteiger partial charge in [0.25, 0.3) is 0 Å². The van der Waals surface area contributed by atoms with Gasteiger partial charge in [-0.1, -0.05) is 18.2 Å². The van der Waals surface area contributed by atoms with Crippen LogP contribution in [0.25, 0.3) is 0 Å². The lowest BCUT2D eigenvalue weighted by atomic mass is 10.1.